The first-order valence-electron chi connectivity index (χ1n) is 12.2. The number of anilines is 1. The number of benzene rings is 2. The topological polar surface area (TPSA) is 87.7 Å². The predicted molar refractivity (Wildman–Crippen MR) is 144 cm³/mol. The van der Waals surface area contributed by atoms with Gasteiger partial charge < -0.3 is 20.3 Å². The van der Waals surface area contributed by atoms with Gasteiger partial charge in [0.1, 0.15) is 17.7 Å². The molecule has 3 amide bonds. The van der Waals surface area contributed by atoms with Crippen molar-refractivity contribution in [3.63, 3.8) is 0 Å². The van der Waals surface area contributed by atoms with Crippen LogP contribution in [0.25, 0.3) is 0 Å². The molecule has 0 aromatic heterocycles. The summed E-state index contributed by atoms with van der Waals surface area (Å²) in [5.74, 6) is -0.772. The minimum Gasteiger partial charge on any atom is -0.444 e. The Labute approximate surface area is 219 Å². The Morgan fingerprint density at radius 2 is 1.64 bits per heavy atom. The van der Waals surface area contributed by atoms with Crippen LogP contribution in [0.1, 0.15) is 69.3 Å². The van der Waals surface area contributed by atoms with Gasteiger partial charge in [-0.05, 0) is 83.2 Å². The number of nitrogens with one attached hydrogen (secondary N) is 2. The van der Waals surface area contributed by atoms with Gasteiger partial charge in [-0.2, -0.15) is 0 Å². The molecule has 0 saturated carbocycles. The zero-order chi connectivity index (χ0) is 27.2. The fourth-order valence-electron chi connectivity index (χ4n) is 3.90. The summed E-state index contributed by atoms with van der Waals surface area (Å²) in [6.45, 7) is 14.8. The summed E-state index contributed by atoms with van der Waals surface area (Å²) < 4.78 is 5.32. The number of amides is 3. The second kappa shape index (κ2) is 12.3. The van der Waals surface area contributed by atoms with E-state index < -0.39 is 23.8 Å². The Bertz CT molecular complexity index is 1090. The van der Waals surface area contributed by atoms with E-state index in [1.165, 1.54) is 4.90 Å². The maximum absolute atomic E-state index is 13.9. The van der Waals surface area contributed by atoms with Crippen molar-refractivity contribution in [3.8, 4) is 0 Å². The molecule has 0 bridgehead atoms. The lowest BCUT2D eigenvalue weighted by molar-refractivity contribution is -0.140. The molecule has 2 aromatic rings. The van der Waals surface area contributed by atoms with E-state index in [4.69, 9.17) is 16.3 Å². The number of rotatable bonds is 8. The second-order valence-electron chi connectivity index (χ2n) is 10.0. The van der Waals surface area contributed by atoms with Gasteiger partial charge in [0.2, 0.25) is 5.91 Å². The third-order valence-corrected chi connectivity index (χ3v) is 6.14. The highest BCUT2D eigenvalue weighted by Gasteiger charge is 2.35. The van der Waals surface area contributed by atoms with Crippen molar-refractivity contribution < 1.29 is 19.1 Å². The largest absolute Gasteiger partial charge is 0.444 e. The molecule has 7 nitrogen and oxygen atoms in total. The van der Waals surface area contributed by atoms with E-state index >= 15 is 0 Å². The lowest BCUT2D eigenvalue weighted by Gasteiger charge is -2.34. The van der Waals surface area contributed by atoms with Crippen molar-refractivity contribution in [1.29, 1.82) is 0 Å². The average molecular weight is 516 g/mol. The molecule has 2 aromatic carbocycles. The molecule has 0 radical (unpaired) electrons. The van der Waals surface area contributed by atoms with Crippen LogP contribution in [0.5, 0.6) is 0 Å². The molecule has 0 heterocycles. The van der Waals surface area contributed by atoms with Crippen LogP contribution < -0.4 is 10.6 Å². The van der Waals surface area contributed by atoms with Crippen LogP contribution >= 0.6 is 11.6 Å². The molecule has 2 rings (SSSR count). The molecule has 2 unspecified atom stereocenters. The third-order valence-electron chi connectivity index (χ3n) is 5.82. The maximum Gasteiger partial charge on any atom is 0.408 e. The van der Waals surface area contributed by atoms with E-state index in [1.807, 2.05) is 58.0 Å². The summed E-state index contributed by atoms with van der Waals surface area (Å²) in [6, 6.07) is 9.22. The van der Waals surface area contributed by atoms with Crippen molar-refractivity contribution >= 4 is 35.2 Å². The number of carbonyl (C=O) groups excluding carboxylic acids is 3. The van der Waals surface area contributed by atoms with Gasteiger partial charge in [-0.15, -0.1) is 0 Å². The quantitative estimate of drug-likeness (QED) is 0.445. The predicted octanol–water partition coefficient (Wildman–Crippen LogP) is 6.10. The number of hydrogen-bond donors (Lipinski definition) is 2. The summed E-state index contributed by atoms with van der Waals surface area (Å²) in [4.78, 5) is 41.4. The van der Waals surface area contributed by atoms with Gasteiger partial charge in [-0.1, -0.05) is 48.9 Å². The number of ether oxygens (including phenoxy) is 1. The van der Waals surface area contributed by atoms with Crippen molar-refractivity contribution in [3.05, 3.63) is 63.7 Å². The monoisotopic (exact) mass is 515 g/mol. The molecule has 0 aliphatic heterocycles. The first kappa shape index (κ1) is 29.2. The van der Waals surface area contributed by atoms with Gasteiger partial charge in [0.25, 0.3) is 5.91 Å². The van der Waals surface area contributed by atoms with Crippen LogP contribution in [-0.2, 0) is 14.3 Å². The molecule has 8 heteroatoms. The number of alkyl carbamates (subject to hydrolysis) is 1. The molecular formula is C28H38ClN3O4. The maximum atomic E-state index is 13.9. The number of hydrogen-bond acceptors (Lipinski definition) is 4. The van der Waals surface area contributed by atoms with Crippen LogP contribution in [0.3, 0.4) is 0 Å². The number of nitrogens with zero attached hydrogens (tertiary/aromatic N) is 1. The van der Waals surface area contributed by atoms with Gasteiger partial charge in [-0.3, -0.25) is 9.59 Å². The summed E-state index contributed by atoms with van der Waals surface area (Å²) in [6.07, 6.45) is -0.0794. The van der Waals surface area contributed by atoms with E-state index in [1.54, 1.807) is 33.8 Å². The zero-order valence-corrected chi connectivity index (χ0v) is 23.2. The first-order valence-corrected chi connectivity index (χ1v) is 12.6. The van der Waals surface area contributed by atoms with Crippen molar-refractivity contribution in [2.24, 2.45) is 0 Å². The smallest absolute Gasteiger partial charge is 0.408 e. The van der Waals surface area contributed by atoms with E-state index in [2.05, 4.69) is 10.6 Å². The van der Waals surface area contributed by atoms with Crippen LogP contribution in [0.2, 0.25) is 5.02 Å². The summed E-state index contributed by atoms with van der Waals surface area (Å²) >= 11 is 6.39. The Morgan fingerprint density at radius 3 is 2.22 bits per heavy atom. The number of carbonyl (C=O) groups is 3. The van der Waals surface area contributed by atoms with Crippen molar-refractivity contribution in [2.45, 2.75) is 79.5 Å². The van der Waals surface area contributed by atoms with E-state index in [0.717, 1.165) is 16.7 Å². The average Bonchev–Trinajstić information content (AvgIpc) is 2.77. The first-order chi connectivity index (χ1) is 16.8. The van der Waals surface area contributed by atoms with Gasteiger partial charge in [-0.25, -0.2) is 4.79 Å². The summed E-state index contributed by atoms with van der Waals surface area (Å²) in [5.41, 5.74) is 3.23. The molecule has 0 aliphatic carbocycles. The fraction of sp³-hybridized carbons (Fsp3) is 0.464. The van der Waals surface area contributed by atoms with E-state index in [0.29, 0.717) is 29.2 Å². The Morgan fingerprint density at radius 1 is 1.03 bits per heavy atom. The minimum absolute atomic E-state index is 0.312. The van der Waals surface area contributed by atoms with Crippen LogP contribution in [0, 0.1) is 20.8 Å². The fourth-order valence-corrected chi connectivity index (χ4v) is 4.17. The molecular weight excluding hydrogens is 478 g/mol. The van der Waals surface area contributed by atoms with Gasteiger partial charge >= 0.3 is 6.09 Å². The molecule has 0 fully saturated rings. The van der Waals surface area contributed by atoms with Gasteiger partial charge in [0.15, 0.2) is 0 Å². The lowest BCUT2D eigenvalue weighted by Crippen LogP contribution is -2.51. The zero-order valence-electron chi connectivity index (χ0n) is 22.5. The molecule has 36 heavy (non-hydrogen) atoms. The highest BCUT2D eigenvalue weighted by molar-refractivity contribution is 6.34. The molecule has 2 N–H and O–H groups in total. The highest BCUT2D eigenvalue weighted by atomic mass is 35.5. The SMILES string of the molecule is CCCN(C(=O)C(C)NC(=O)OC(C)(C)C)C(C(=O)Nc1c(C)cccc1Cl)c1cccc(C)c1C. The van der Waals surface area contributed by atoms with Crippen LogP contribution in [0.15, 0.2) is 36.4 Å². The molecule has 0 aliphatic rings. The molecule has 196 valence electrons. The standard InChI is InChI=1S/C28H38ClN3O4/c1-9-16-32(26(34)20(5)30-27(35)36-28(6,7)8)24(21-14-10-12-17(2)19(21)4)25(33)31-23-18(3)13-11-15-22(23)29/h10-15,20,24H,9,16H2,1-8H3,(H,30,35)(H,31,33). The van der Waals surface area contributed by atoms with Crippen LogP contribution in [0.4, 0.5) is 10.5 Å². The van der Waals surface area contributed by atoms with Gasteiger partial charge in [0, 0.05) is 6.54 Å². The Hall–Kier alpha value is -3.06. The van der Waals surface area contributed by atoms with Crippen molar-refractivity contribution in [1.82, 2.24) is 10.2 Å². The number of halogens is 1. The number of para-hydroxylation sites is 1. The lowest BCUT2D eigenvalue weighted by atomic mass is 9.95. The summed E-state index contributed by atoms with van der Waals surface area (Å²) in [5, 5.41) is 5.97. The van der Waals surface area contributed by atoms with E-state index in [9.17, 15) is 14.4 Å². The summed E-state index contributed by atoms with van der Waals surface area (Å²) in [7, 11) is 0. The Balaban J connectivity index is 2.50. The minimum atomic E-state index is -0.934. The van der Waals surface area contributed by atoms with Crippen LogP contribution in [-0.4, -0.2) is 41.0 Å². The van der Waals surface area contributed by atoms with E-state index in [-0.39, 0.29) is 11.8 Å². The highest BCUT2D eigenvalue weighted by Crippen LogP contribution is 2.31. The molecule has 0 saturated heterocycles. The van der Waals surface area contributed by atoms with Gasteiger partial charge in [0.05, 0.1) is 10.7 Å². The third kappa shape index (κ3) is 7.47. The molecule has 0 spiro atoms. The second-order valence-corrected chi connectivity index (χ2v) is 10.4. The van der Waals surface area contributed by atoms with Crippen molar-refractivity contribution in [2.75, 3.05) is 11.9 Å². The molecule has 2 atom stereocenters. The Kier molecular flexibility index (Phi) is 9.93. The number of aryl methyl sites for hydroxylation is 2. The normalized spacial score (nSPS) is 12.9.